The van der Waals surface area contributed by atoms with Crippen LogP contribution in [0.1, 0.15) is 46.1 Å². The van der Waals surface area contributed by atoms with Gasteiger partial charge in [0, 0.05) is 58.0 Å². The number of rotatable bonds is 6. The van der Waals surface area contributed by atoms with Crippen molar-refractivity contribution in [3.8, 4) is 0 Å². The van der Waals surface area contributed by atoms with E-state index >= 15 is 0 Å². The number of anilines is 1. The third kappa shape index (κ3) is 7.39. The van der Waals surface area contributed by atoms with Crippen LogP contribution < -0.4 is 15.5 Å². The highest BCUT2D eigenvalue weighted by atomic mass is 16.5. The highest BCUT2D eigenvalue weighted by Crippen LogP contribution is 2.26. The van der Waals surface area contributed by atoms with Crippen LogP contribution >= 0.6 is 0 Å². The van der Waals surface area contributed by atoms with Crippen molar-refractivity contribution < 1.29 is 4.74 Å². The molecule has 0 aromatic heterocycles. The zero-order chi connectivity index (χ0) is 22.3. The Labute approximate surface area is 189 Å². The zero-order valence-corrected chi connectivity index (χ0v) is 20.3. The predicted molar refractivity (Wildman–Crippen MR) is 131 cm³/mol. The van der Waals surface area contributed by atoms with Crippen molar-refractivity contribution in [3.63, 3.8) is 0 Å². The highest BCUT2D eigenvalue weighted by molar-refractivity contribution is 5.80. The first-order chi connectivity index (χ1) is 14.8. The summed E-state index contributed by atoms with van der Waals surface area (Å²) in [5, 5.41) is 7.18. The lowest BCUT2D eigenvalue weighted by molar-refractivity contribution is 0.0320. The topological polar surface area (TPSA) is 52.1 Å². The van der Waals surface area contributed by atoms with Gasteiger partial charge in [-0.15, -0.1) is 0 Å². The van der Waals surface area contributed by atoms with Gasteiger partial charge >= 0.3 is 0 Å². The van der Waals surface area contributed by atoms with Crippen LogP contribution in [0.4, 0.5) is 5.69 Å². The van der Waals surface area contributed by atoms with E-state index in [1.54, 1.807) is 0 Å². The Bertz CT molecular complexity index is 683. The Kier molecular flexibility index (Phi) is 8.61. The molecule has 2 aliphatic rings. The van der Waals surface area contributed by atoms with E-state index in [9.17, 15) is 0 Å². The van der Waals surface area contributed by atoms with Crippen LogP contribution in [0.25, 0.3) is 0 Å². The molecule has 31 heavy (non-hydrogen) atoms. The van der Waals surface area contributed by atoms with Crippen LogP contribution in [0, 0.1) is 5.92 Å². The normalized spacial score (nSPS) is 20.5. The van der Waals surface area contributed by atoms with Gasteiger partial charge in [-0.25, -0.2) is 0 Å². The van der Waals surface area contributed by atoms with Gasteiger partial charge in [-0.3, -0.25) is 9.89 Å². The van der Waals surface area contributed by atoms with Gasteiger partial charge < -0.3 is 20.3 Å². The third-order valence-corrected chi connectivity index (χ3v) is 6.45. The van der Waals surface area contributed by atoms with E-state index in [1.807, 2.05) is 7.05 Å². The molecule has 0 spiro atoms. The molecular weight excluding hydrogens is 386 g/mol. The number of nitrogens with one attached hydrogen (secondary N) is 2. The van der Waals surface area contributed by atoms with Gasteiger partial charge in [0.1, 0.15) is 0 Å². The number of aliphatic imine (C=N–C) groups is 1. The second kappa shape index (κ2) is 11.2. The van der Waals surface area contributed by atoms with Crippen LogP contribution in [0.2, 0.25) is 0 Å². The Morgan fingerprint density at radius 1 is 1.10 bits per heavy atom. The number of nitrogens with zero attached hydrogens (tertiary/aromatic N) is 3. The van der Waals surface area contributed by atoms with E-state index in [4.69, 9.17) is 4.74 Å². The molecule has 0 amide bonds. The van der Waals surface area contributed by atoms with E-state index in [0.717, 1.165) is 71.3 Å². The van der Waals surface area contributed by atoms with Crippen molar-refractivity contribution >= 4 is 11.6 Å². The van der Waals surface area contributed by atoms with Gasteiger partial charge in [-0.1, -0.05) is 39.8 Å². The minimum Gasteiger partial charge on any atom is -0.379 e. The van der Waals surface area contributed by atoms with E-state index in [2.05, 4.69) is 77.4 Å². The number of piperidine rings is 1. The van der Waals surface area contributed by atoms with E-state index in [1.165, 1.54) is 11.3 Å². The minimum atomic E-state index is 0.206. The molecule has 2 fully saturated rings. The molecule has 1 atom stereocenters. The number of morpholine rings is 1. The van der Waals surface area contributed by atoms with Gasteiger partial charge in [-0.2, -0.15) is 0 Å². The van der Waals surface area contributed by atoms with Crippen molar-refractivity contribution in [1.82, 2.24) is 15.5 Å². The average Bonchev–Trinajstić information content (AvgIpc) is 2.77. The zero-order valence-electron chi connectivity index (χ0n) is 20.3. The largest absolute Gasteiger partial charge is 0.379 e. The van der Waals surface area contributed by atoms with E-state index in [-0.39, 0.29) is 5.41 Å². The molecule has 2 N–H and O–H groups in total. The maximum absolute atomic E-state index is 5.45. The molecule has 0 bridgehead atoms. The lowest BCUT2D eigenvalue weighted by Gasteiger charge is -2.35. The van der Waals surface area contributed by atoms with Crippen molar-refractivity contribution in [2.24, 2.45) is 10.9 Å². The molecule has 1 unspecified atom stereocenters. The van der Waals surface area contributed by atoms with Crippen LogP contribution in [-0.2, 0) is 10.2 Å². The van der Waals surface area contributed by atoms with Crippen molar-refractivity contribution in [2.45, 2.75) is 52.0 Å². The number of ether oxygens (including phenoxy) is 1. The summed E-state index contributed by atoms with van der Waals surface area (Å²) in [6.07, 6.45) is 2.26. The summed E-state index contributed by atoms with van der Waals surface area (Å²) in [5.74, 6) is 1.51. The fourth-order valence-electron chi connectivity index (χ4n) is 4.40. The number of hydrogen-bond donors (Lipinski definition) is 2. The van der Waals surface area contributed by atoms with Gasteiger partial charge in [0.2, 0.25) is 0 Å². The molecule has 2 heterocycles. The van der Waals surface area contributed by atoms with Crippen LogP contribution in [-0.4, -0.2) is 76.4 Å². The molecule has 0 aliphatic carbocycles. The summed E-state index contributed by atoms with van der Waals surface area (Å²) in [5.41, 5.74) is 2.94. The Balaban J connectivity index is 1.39. The van der Waals surface area contributed by atoms with Crippen LogP contribution in [0.15, 0.2) is 29.3 Å². The molecule has 1 aromatic carbocycles. The number of hydrogen-bond acceptors (Lipinski definition) is 4. The smallest absolute Gasteiger partial charge is 0.191 e. The second-order valence-corrected chi connectivity index (χ2v) is 10.2. The first-order valence-electron chi connectivity index (χ1n) is 12.0. The monoisotopic (exact) mass is 429 g/mol. The average molecular weight is 430 g/mol. The summed E-state index contributed by atoms with van der Waals surface area (Å²) in [6, 6.07) is 9.61. The molecule has 1 aromatic rings. The Hall–Kier alpha value is -1.79. The van der Waals surface area contributed by atoms with Crippen LogP contribution in [0.5, 0.6) is 0 Å². The standard InChI is InChI=1S/C25H43N5O/c1-20(19-29-14-16-31-17-15-29)18-27-24(26-5)28-22-10-12-30(13-11-22)23-8-6-21(7-9-23)25(2,3)4/h6-9,20,22H,10-19H2,1-5H3,(H2,26,27,28). The Morgan fingerprint density at radius 3 is 2.32 bits per heavy atom. The summed E-state index contributed by atoms with van der Waals surface area (Å²) >= 11 is 0. The molecule has 3 rings (SSSR count). The van der Waals surface area contributed by atoms with Gasteiger partial charge in [-0.05, 0) is 41.9 Å². The molecule has 2 saturated heterocycles. The quantitative estimate of drug-likeness (QED) is 0.538. The molecular formula is C25H43N5O. The number of guanidine groups is 1. The third-order valence-electron chi connectivity index (χ3n) is 6.45. The van der Waals surface area contributed by atoms with Gasteiger partial charge in [0.25, 0.3) is 0 Å². The Morgan fingerprint density at radius 2 is 1.74 bits per heavy atom. The fourth-order valence-corrected chi connectivity index (χ4v) is 4.40. The highest BCUT2D eigenvalue weighted by Gasteiger charge is 2.21. The first-order valence-corrected chi connectivity index (χ1v) is 12.0. The molecule has 2 aliphatic heterocycles. The second-order valence-electron chi connectivity index (χ2n) is 10.2. The number of benzene rings is 1. The molecule has 174 valence electrons. The maximum Gasteiger partial charge on any atom is 0.191 e. The first kappa shape index (κ1) is 23.9. The van der Waals surface area contributed by atoms with Gasteiger partial charge in [0.05, 0.1) is 13.2 Å². The summed E-state index contributed by atoms with van der Waals surface area (Å²) < 4.78 is 5.45. The van der Waals surface area contributed by atoms with Crippen molar-refractivity contribution in [3.05, 3.63) is 29.8 Å². The molecule has 0 radical (unpaired) electrons. The molecule has 6 heteroatoms. The summed E-state index contributed by atoms with van der Waals surface area (Å²) in [6.45, 7) is 17.1. The summed E-state index contributed by atoms with van der Waals surface area (Å²) in [4.78, 5) is 9.46. The molecule has 0 saturated carbocycles. The van der Waals surface area contributed by atoms with Crippen molar-refractivity contribution in [2.75, 3.05) is 64.4 Å². The lowest BCUT2D eigenvalue weighted by atomic mass is 9.87. The minimum absolute atomic E-state index is 0.206. The molecule has 6 nitrogen and oxygen atoms in total. The van der Waals surface area contributed by atoms with E-state index < -0.39 is 0 Å². The SMILES string of the molecule is CN=C(NCC(C)CN1CCOCC1)NC1CCN(c2ccc(C(C)(C)C)cc2)CC1. The predicted octanol–water partition coefficient (Wildman–Crippen LogP) is 3.09. The summed E-state index contributed by atoms with van der Waals surface area (Å²) in [7, 11) is 1.87. The van der Waals surface area contributed by atoms with E-state index in [0.29, 0.717) is 12.0 Å². The van der Waals surface area contributed by atoms with Gasteiger partial charge in [0.15, 0.2) is 5.96 Å². The lowest BCUT2D eigenvalue weighted by Crippen LogP contribution is -2.50. The maximum atomic E-state index is 5.45. The fraction of sp³-hybridized carbons (Fsp3) is 0.720. The van der Waals surface area contributed by atoms with Crippen LogP contribution in [0.3, 0.4) is 0 Å². The van der Waals surface area contributed by atoms with Crippen molar-refractivity contribution in [1.29, 1.82) is 0 Å².